The average Bonchev–Trinajstić information content (AvgIpc) is 2.87. The van der Waals surface area contributed by atoms with Crippen molar-refractivity contribution in [1.82, 2.24) is 5.32 Å². The second-order valence-corrected chi connectivity index (χ2v) is 9.45. The molecule has 7 heteroatoms. The van der Waals surface area contributed by atoms with E-state index in [-0.39, 0.29) is 16.9 Å². The number of carboxylic acid groups (broad SMARTS) is 1. The summed E-state index contributed by atoms with van der Waals surface area (Å²) in [6, 6.07) is 7.01. The maximum atomic E-state index is 12.8. The molecule has 1 aromatic carbocycles. The Kier molecular flexibility index (Phi) is 4.11. The van der Waals surface area contributed by atoms with Gasteiger partial charge in [-0.05, 0) is 31.4 Å². The Morgan fingerprint density at radius 2 is 2.04 bits per heavy atom. The number of fused-ring (bicyclic) bond motifs is 2. The van der Waals surface area contributed by atoms with Crippen LogP contribution in [0.1, 0.15) is 31.1 Å². The van der Waals surface area contributed by atoms with Gasteiger partial charge in [-0.1, -0.05) is 24.3 Å². The number of hydrogen-bond acceptors (Lipinski definition) is 5. The molecule has 0 bridgehead atoms. The number of Topliss-reactive ketones (excluding diaryl/α,β-unsaturated/α-hetero) is 1. The third kappa shape index (κ3) is 2.56. The van der Waals surface area contributed by atoms with Gasteiger partial charge in [0.2, 0.25) is 0 Å². The first kappa shape index (κ1) is 17.5. The van der Waals surface area contributed by atoms with Crippen LogP contribution in [0.25, 0.3) is 0 Å². The minimum absolute atomic E-state index is 0.182. The Morgan fingerprint density at radius 1 is 1.31 bits per heavy atom. The smallest absolute Gasteiger partial charge is 0.308 e. The van der Waals surface area contributed by atoms with E-state index in [2.05, 4.69) is 5.32 Å². The van der Waals surface area contributed by atoms with E-state index < -0.39 is 34.7 Å². The van der Waals surface area contributed by atoms with Crippen molar-refractivity contribution in [3.63, 3.8) is 0 Å². The van der Waals surface area contributed by atoms with E-state index in [0.717, 1.165) is 17.5 Å². The van der Waals surface area contributed by atoms with Crippen LogP contribution >= 0.6 is 11.8 Å². The van der Waals surface area contributed by atoms with Crippen LogP contribution in [0, 0.1) is 11.8 Å². The molecule has 1 saturated carbocycles. The summed E-state index contributed by atoms with van der Waals surface area (Å²) in [5.74, 6) is -2.70. The van der Waals surface area contributed by atoms with Gasteiger partial charge in [0, 0.05) is 15.9 Å². The summed E-state index contributed by atoms with van der Waals surface area (Å²) in [5.41, 5.74) is 1.92. The SMILES string of the molecule is CC1(C)S[C@H]2C(C(=O)[C@H]2NC(=O)[C@H]2OCCc3ccccc32)[C@H]1C(=O)O. The normalized spacial score (nSPS) is 34.4. The Morgan fingerprint density at radius 3 is 2.77 bits per heavy atom. The molecular weight excluding hydrogens is 354 g/mol. The Hall–Kier alpha value is -1.86. The van der Waals surface area contributed by atoms with Crippen LogP contribution in [0.5, 0.6) is 0 Å². The molecule has 3 aliphatic rings. The zero-order valence-electron chi connectivity index (χ0n) is 14.6. The number of benzene rings is 1. The summed E-state index contributed by atoms with van der Waals surface area (Å²) >= 11 is 1.48. The van der Waals surface area contributed by atoms with Crippen molar-refractivity contribution >= 4 is 29.4 Å². The molecule has 0 aromatic heterocycles. The average molecular weight is 375 g/mol. The zero-order chi connectivity index (χ0) is 18.6. The summed E-state index contributed by atoms with van der Waals surface area (Å²) in [7, 11) is 0. The van der Waals surface area contributed by atoms with Gasteiger partial charge in [0.05, 0.1) is 12.5 Å². The minimum Gasteiger partial charge on any atom is -0.481 e. The van der Waals surface area contributed by atoms with Gasteiger partial charge in [-0.15, -0.1) is 11.8 Å². The van der Waals surface area contributed by atoms with E-state index in [1.807, 2.05) is 38.1 Å². The van der Waals surface area contributed by atoms with Crippen molar-refractivity contribution in [3.8, 4) is 0 Å². The van der Waals surface area contributed by atoms with Gasteiger partial charge in [-0.3, -0.25) is 14.4 Å². The van der Waals surface area contributed by atoms with E-state index in [4.69, 9.17) is 4.74 Å². The maximum Gasteiger partial charge on any atom is 0.308 e. The van der Waals surface area contributed by atoms with Gasteiger partial charge < -0.3 is 15.2 Å². The third-order valence-corrected chi connectivity index (χ3v) is 7.36. The molecule has 4 rings (SSSR count). The first-order chi connectivity index (χ1) is 12.3. The lowest BCUT2D eigenvalue weighted by Crippen LogP contribution is -2.64. The highest BCUT2D eigenvalue weighted by Gasteiger charge is 2.66. The first-order valence-electron chi connectivity index (χ1n) is 8.75. The van der Waals surface area contributed by atoms with Crippen LogP contribution in [-0.2, 0) is 25.5 Å². The van der Waals surface area contributed by atoms with Crippen molar-refractivity contribution in [1.29, 1.82) is 0 Å². The summed E-state index contributed by atoms with van der Waals surface area (Å²) < 4.78 is 5.12. The number of hydrogen-bond donors (Lipinski definition) is 2. The topological polar surface area (TPSA) is 92.7 Å². The lowest BCUT2D eigenvalue weighted by atomic mass is 9.67. The van der Waals surface area contributed by atoms with Gasteiger partial charge in [0.15, 0.2) is 11.9 Å². The van der Waals surface area contributed by atoms with Crippen molar-refractivity contribution in [2.75, 3.05) is 6.61 Å². The molecule has 2 fully saturated rings. The lowest BCUT2D eigenvalue weighted by Gasteiger charge is -2.40. The molecule has 1 saturated heterocycles. The second kappa shape index (κ2) is 6.09. The van der Waals surface area contributed by atoms with E-state index in [1.54, 1.807) is 0 Å². The second-order valence-electron chi connectivity index (χ2n) is 7.62. The third-order valence-electron chi connectivity index (χ3n) is 5.66. The van der Waals surface area contributed by atoms with Gasteiger partial charge >= 0.3 is 5.97 Å². The molecule has 1 amide bonds. The minimum atomic E-state index is -0.947. The molecule has 138 valence electrons. The van der Waals surface area contributed by atoms with Crippen LogP contribution in [0.3, 0.4) is 0 Å². The number of ketones is 1. The molecule has 0 spiro atoms. The largest absolute Gasteiger partial charge is 0.481 e. The number of carbonyl (C=O) groups is 3. The molecule has 2 aliphatic heterocycles. The van der Waals surface area contributed by atoms with Crippen molar-refractivity contribution < 1.29 is 24.2 Å². The Labute approximate surface area is 155 Å². The Balaban J connectivity index is 1.51. The zero-order valence-corrected chi connectivity index (χ0v) is 15.4. The summed E-state index contributed by atoms with van der Waals surface area (Å²) in [4.78, 5) is 36.9. The molecular formula is C19H21NO5S. The molecule has 26 heavy (non-hydrogen) atoms. The number of carboxylic acids is 1. The highest BCUT2D eigenvalue weighted by atomic mass is 32.2. The molecule has 1 aromatic rings. The predicted molar refractivity (Wildman–Crippen MR) is 95.9 cm³/mol. The lowest BCUT2D eigenvalue weighted by molar-refractivity contribution is -0.152. The Bertz CT molecular complexity index is 792. The van der Waals surface area contributed by atoms with E-state index >= 15 is 0 Å². The quantitative estimate of drug-likeness (QED) is 0.833. The summed E-state index contributed by atoms with van der Waals surface area (Å²) in [6.45, 7) is 4.16. The molecule has 1 aliphatic carbocycles. The number of aliphatic carboxylic acids is 1. The number of carbonyl (C=O) groups excluding carboxylic acids is 2. The van der Waals surface area contributed by atoms with Crippen LogP contribution in [0.4, 0.5) is 0 Å². The number of rotatable bonds is 3. The maximum absolute atomic E-state index is 12.8. The fourth-order valence-corrected chi connectivity index (χ4v) is 6.29. The first-order valence-corrected chi connectivity index (χ1v) is 9.63. The standard InChI is InChI=1S/C19H21NO5S/c1-19(2)12(18(23)24)11-14(21)13(16(11)26-19)20-17(22)15-10-6-4-3-5-9(10)7-8-25-15/h3-6,11-13,15-16H,7-8H2,1-2H3,(H,20,22)(H,23,24)/t11?,12-,13+,15-,16-/m0/s1. The molecule has 0 radical (unpaired) electrons. The molecule has 2 heterocycles. The summed E-state index contributed by atoms with van der Waals surface area (Å²) in [5, 5.41) is 12.1. The van der Waals surface area contributed by atoms with Gasteiger partial charge in [0.25, 0.3) is 5.91 Å². The van der Waals surface area contributed by atoms with Crippen LogP contribution in [0.15, 0.2) is 24.3 Å². The number of nitrogens with one attached hydrogen (secondary N) is 1. The van der Waals surface area contributed by atoms with Gasteiger partial charge in [-0.25, -0.2) is 0 Å². The van der Waals surface area contributed by atoms with Crippen molar-refractivity contribution in [2.24, 2.45) is 11.8 Å². The molecule has 1 unspecified atom stereocenters. The molecule has 5 atom stereocenters. The number of ether oxygens (including phenoxy) is 1. The predicted octanol–water partition coefficient (Wildman–Crippen LogP) is 1.58. The van der Waals surface area contributed by atoms with Gasteiger partial charge in [0.1, 0.15) is 6.04 Å². The molecule has 2 N–H and O–H groups in total. The van der Waals surface area contributed by atoms with Crippen LogP contribution in [0.2, 0.25) is 0 Å². The van der Waals surface area contributed by atoms with E-state index in [0.29, 0.717) is 6.61 Å². The molecule has 6 nitrogen and oxygen atoms in total. The monoisotopic (exact) mass is 375 g/mol. The number of thioether (sulfide) groups is 1. The van der Waals surface area contributed by atoms with Crippen molar-refractivity contribution in [2.45, 2.75) is 42.4 Å². The number of amides is 1. The fourth-order valence-electron chi connectivity index (χ4n) is 4.42. The van der Waals surface area contributed by atoms with Gasteiger partial charge in [-0.2, -0.15) is 0 Å². The van der Waals surface area contributed by atoms with Crippen LogP contribution in [-0.4, -0.2) is 45.4 Å². The van der Waals surface area contributed by atoms with Crippen LogP contribution < -0.4 is 5.32 Å². The van der Waals surface area contributed by atoms with E-state index in [9.17, 15) is 19.5 Å². The van der Waals surface area contributed by atoms with E-state index in [1.165, 1.54) is 11.8 Å². The highest BCUT2D eigenvalue weighted by Crippen LogP contribution is 2.57. The summed E-state index contributed by atoms with van der Waals surface area (Å²) in [6.07, 6.45) is 0.0404. The highest BCUT2D eigenvalue weighted by molar-refractivity contribution is 8.01. The van der Waals surface area contributed by atoms with Crippen molar-refractivity contribution in [3.05, 3.63) is 35.4 Å². The fraction of sp³-hybridized carbons (Fsp3) is 0.526.